The average molecular weight is 451 g/mol. The summed E-state index contributed by atoms with van der Waals surface area (Å²) >= 11 is 0. The van der Waals surface area contributed by atoms with E-state index in [1.54, 1.807) is 35.7 Å². The molecule has 4 rings (SSSR count). The zero-order valence-corrected chi connectivity index (χ0v) is 19.7. The van der Waals surface area contributed by atoms with Gasteiger partial charge in [0.2, 0.25) is 10.0 Å². The molecular formula is C26H30N2O3S. The quantitative estimate of drug-likeness (QED) is 0.558. The van der Waals surface area contributed by atoms with Crippen molar-refractivity contribution >= 4 is 10.0 Å². The molecule has 1 fully saturated rings. The van der Waals surface area contributed by atoms with Crippen molar-refractivity contribution in [2.24, 2.45) is 0 Å². The topological polar surface area (TPSA) is 49.9 Å². The lowest BCUT2D eigenvalue weighted by Crippen LogP contribution is -2.49. The number of nitrogens with zero attached hydrogens (tertiary/aromatic N) is 2. The highest BCUT2D eigenvalue weighted by atomic mass is 32.2. The van der Waals surface area contributed by atoms with Gasteiger partial charge in [-0.15, -0.1) is 0 Å². The van der Waals surface area contributed by atoms with E-state index in [1.807, 2.05) is 6.07 Å². The van der Waals surface area contributed by atoms with E-state index in [1.165, 1.54) is 22.3 Å². The van der Waals surface area contributed by atoms with Crippen LogP contribution in [0, 0.1) is 13.8 Å². The van der Waals surface area contributed by atoms with Gasteiger partial charge in [0.25, 0.3) is 0 Å². The van der Waals surface area contributed by atoms with E-state index in [0.717, 1.165) is 0 Å². The first-order valence-corrected chi connectivity index (χ1v) is 12.3. The third-order valence-corrected chi connectivity index (χ3v) is 8.09. The molecule has 0 amide bonds. The summed E-state index contributed by atoms with van der Waals surface area (Å²) in [6.45, 7) is 6.52. The second-order valence-corrected chi connectivity index (χ2v) is 10.2. The monoisotopic (exact) mass is 450 g/mol. The Morgan fingerprint density at radius 1 is 0.844 bits per heavy atom. The molecule has 0 saturated carbocycles. The number of rotatable bonds is 6. The molecule has 1 saturated heterocycles. The lowest BCUT2D eigenvalue weighted by atomic mass is 9.92. The molecule has 32 heavy (non-hydrogen) atoms. The first kappa shape index (κ1) is 22.5. The fraction of sp³-hybridized carbons (Fsp3) is 0.308. The van der Waals surface area contributed by atoms with Crippen molar-refractivity contribution in [1.82, 2.24) is 9.21 Å². The zero-order valence-electron chi connectivity index (χ0n) is 18.9. The Balaban J connectivity index is 1.58. The summed E-state index contributed by atoms with van der Waals surface area (Å²) in [6, 6.07) is 23.8. The molecule has 3 aromatic rings. The molecule has 0 bridgehead atoms. The van der Waals surface area contributed by atoms with Crippen LogP contribution in [0.5, 0.6) is 5.75 Å². The predicted octanol–water partition coefficient (Wildman–Crippen LogP) is 4.41. The molecule has 0 aromatic heterocycles. The second kappa shape index (κ2) is 9.45. The van der Waals surface area contributed by atoms with E-state index in [9.17, 15) is 8.42 Å². The minimum atomic E-state index is -3.53. The maximum Gasteiger partial charge on any atom is 0.243 e. The maximum absolute atomic E-state index is 13.2. The molecule has 5 nitrogen and oxygen atoms in total. The lowest BCUT2D eigenvalue weighted by molar-refractivity contribution is 0.155. The molecule has 0 N–H and O–H groups in total. The van der Waals surface area contributed by atoms with Gasteiger partial charge in [0.15, 0.2) is 0 Å². The molecule has 1 aliphatic rings. The van der Waals surface area contributed by atoms with Gasteiger partial charge in [-0.05, 0) is 54.8 Å². The SMILES string of the molecule is COc1ccc(S(=O)(=O)N2CCN([C@@H](c3ccccc3)c3cc(C)ccc3C)CC2)cc1. The summed E-state index contributed by atoms with van der Waals surface area (Å²) in [5.41, 5.74) is 4.99. The molecule has 0 unspecified atom stereocenters. The predicted molar refractivity (Wildman–Crippen MR) is 128 cm³/mol. The van der Waals surface area contributed by atoms with Crippen molar-refractivity contribution in [3.63, 3.8) is 0 Å². The van der Waals surface area contributed by atoms with Gasteiger partial charge in [0.05, 0.1) is 18.0 Å². The largest absolute Gasteiger partial charge is 0.497 e. The van der Waals surface area contributed by atoms with Crippen LogP contribution in [0.15, 0.2) is 77.7 Å². The van der Waals surface area contributed by atoms with Crippen molar-refractivity contribution in [3.8, 4) is 5.75 Å². The minimum absolute atomic E-state index is 0.0990. The first-order chi connectivity index (χ1) is 15.4. The fourth-order valence-corrected chi connectivity index (χ4v) is 5.80. The van der Waals surface area contributed by atoms with Crippen molar-refractivity contribution in [2.45, 2.75) is 24.8 Å². The summed E-state index contributed by atoms with van der Waals surface area (Å²) in [4.78, 5) is 2.71. The smallest absolute Gasteiger partial charge is 0.243 e. The third kappa shape index (κ3) is 4.58. The molecule has 3 aromatic carbocycles. The summed E-state index contributed by atoms with van der Waals surface area (Å²) < 4.78 is 33.1. The van der Waals surface area contributed by atoms with E-state index in [4.69, 9.17) is 4.74 Å². The van der Waals surface area contributed by atoms with Crippen LogP contribution in [-0.4, -0.2) is 50.9 Å². The Morgan fingerprint density at radius 2 is 1.50 bits per heavy atom. The zero-order chi connectivity index (χ0) is 22.7. The Bertz CT molecular complexity index is 1150. The summed E-state index contributed by atoms with van der Waals surface area (Å²) in [5.74, 6) is 0.646. The van der Waals surface area contributed by atoms with Crippen LogP contribution in [0.2, 0.25) is 0 Å². The van der Waals surface area contributed by atoms with Gasteiger partial charge >= 0.3 is 0 Å². The maximum atomic E-state index is 13.2. The van der Waals surface area contributed by atoms with Gasteiger partial charge < -0.3 is 4.74 Å². The molecular weight excluding hydrogens is 420 g/mol. The molecule has 6 heteroatoms. The molecule has 1 aliphatic heterocycles. The van der Waals surface area contributed by atoms with Crippen LogP contribution >= 0.6 is 0 Å². The highest BCUT2D eigenvalue weighted by Gasteiger charge is 2.32. The Morgan fingerprint density at radius 3 is 2.12 bits per heavy atom. The Labute approximate surface area is 191 Å². The number of piperazine rings is 1. The standard InChI is InChI=1S/C26H30N2O3S/c1-20-9-10-21(2)25(19-20)26(22-7-5-4-6-8-22)27-15-17-28(18-16-27)32(29,30)24-13-11-23(31-3)12-14-24/h4-14,19,26H,15-18H2,1-3H3/t26-/m0/s1. The lowest BCUT2D eigenvalue weighted by Gasteiger charge is -2.39. The molecule has 1 atom stereocenters. The number of aryl methyl sites for hydroxylation is 2. The summed E-state index contributed by atoms with van der Waals surface area (Å²) in [6.07, 6.45) is 0. The number of hydrogen-bond donors (Lipinski definition) is 0. The van der Waals surface area contributed by atoms with Gasteiger partial charge in [0, 0.05) is 26.2 Å². The van der Waals surface area contributed by atoms with Crippen LogP contribution in [0.25, 0.3) is 0 Å². The van der Waals surface area contributed by atoms with Gasteiger partial charge in [0.1, 0.15) is 5.75 Å². The number of hydrogen-bond acceptors (Lipinski definition) is 4. The van der Waals surface area contributed by atoms with E-state index < -0.39 is 10.0 Å². The molecule has 0 radical (unpaired) electrons. The van der Waals surface area contributed by atoms with Crippen LogP contribution < -0.4 is 4.74 Å². The first-order valence-electron chi connectivity index (χ1n) is 10.9. The van der Waals surface area contributed by atoms with Crippen LogP contribution in [0.3, 0.4) is 0 Å². The number of sulfonamides is 1. The highest BCUT2D eigenvalue weighted by molar-refractivity contribution is 7.89. The fourth-order valence-electron chi connectivity index (χ4n) is 4.38. The van der Waals surface area contributed by atoms with Crippen LogP contribution in [-0.2, 0) is 10.0 Å². The van der Waals surface area contributed by atoms with Crippen molar-refractivity contribution in [3.05, 3.63) is 95.1 Å². The van der Waals surface area contributed by atoms with E-state index in [0.29, 0.717) is 36.8 Å². The number of ether oxygens (including phenoxy) is 1. The van der Waals surface area contributed by atoms with Gasteiger partial charge in [-0.3, -0.25) is 4.90 Å². The van der Waals surface area contributed by atoms with Crippen LogP contribution in [0.4, 0.5) is 0 Å². The molecule has 0 spiro atoms. The van der Waals surface area contributed by atoms with Gasteiger partial charge in [-0.2, -0.15) is 4.31 Å². The normalized spacial score (nSPS) is 16.6. The van der Waals surface area contributed by atoms with Gasteiger partial charge in [-0.25, -0.2) is 8.42 Å². The summed E-state index contributed by atoms with van der Waals surface area (Å²) in [7, 11) is -1.96. The molecule has 0 aliphatic carbocycles. The van der Waals surface area contributed by atoms with E-state index in [2.05, 4.69) is 61.2 Å². The van der Waals surface area contributed by atoms with Crippen molar-refractivity contribution in [1.29, 1.82) is 0 Å². The Hall–Kier alpha value is -2.67. The van der Waals surface area contributed by atoms with Crippen LogP contribution in [0.1, 0.15) is 28.3 Å². The Kier molecular flexibility index (Phi) is 6.65. The third-order valence-electron chi connectivity index (χ3n) is 6.18. The highest BCUT2D eigenvalue weighted by Crippen LogP contribution is 2.33. The second-order valence-electron chi connectivity index (χ2n) is 8.29. The average Bonchev–Trinajstić information content (AvgIpc) is 2.82. The van der Waals surface area contributed by atoms with Gasteiger partial charge in [-0.1, -0.05) is 54.1 Å². The van der Waals surface area contributed by atoms with E-state index >= 15 is 0 Å². The molecule has 1 heterocycles. The van der Waals surface area contributed by atoms with Crippen molar-refractivity contribution < 1.29 is 13.2 Å². The number of benzene rings is 3. The van der Waals surface area contributed by atoms with E-state index in [-0.39, 0.29) is 6.04 Å². The molecule has 168 valence electrons. The van der Waals surface area contributed by atoms with Crippen molar-refractivity contribution in [2.75, 3.05) is 33.3 Å². The minimum Gasteiger partial charge on any atom is -0.497 e. The number of methoxy groups -OCH3 is 1. The summed E-state index contributed by atoms with van der Waals surface area (Å²) in [5, 5.41) is 0.